The molecule has 2 fully saturated rings. The molecular formula is C18H20FN3O3. The fraction of sp³-hybridized carbons (Fsp3) is 0.500. The molecule has 7 heteroatoms. The van der Waals surface area contributed by atoms with Crippen molar-refractivity contribution in [2.45, 2.75) is 38.2 Å². The first-order chi connectivity index (χ1) is 12.0. The van der Waals surface area contributed by atoms with Gasteiger partial charge in [0.2, 0.25) is 11.8 Å². The molecule has 1 N–H and O–H groups in total. The van der Waals surface area contributed by atoms with E-state index in [-0.39, 0.29) is 29.4 Å². The molecule has 1 aliphatic carbocycles. The van der Waals surface area contributed by atoms with E-state index in [0.29, 0.717) is 30.4 Å². The van der Waals surface area contributed by atoms with Crippen LogP contribution >= 0.6 is 0 Å². The van der Waals surface area contributed by atoms with Crippen LogP contribution in [-0.4, -0.2) is 39.2 Å². The number of likely N-dealkylation sites (tertiary alicyclic amines) is 1. The fourth-order valence-electron chi connectivity index (χ4n) is 4.28. The predicted molar refractivity (Wildman–Crippen MR) is 86.3 cm³/mol. The van der Waals surface area contributed by atoms with Crippen LogP contribution in [0.4, 0.5) is 4.39 Å². The zero-order valence-electron chi connectivity index (χ0n) is 14.0. The number of halogens is 1. The molecule has 0 bridgehead atoms. The van der Waals surface area contributed by atoms with E-state index in [2.05, 4.69) is 10.2 Å². The van der Waals surface area contributed by atoms with Crippen LogP contribution in [0.1, 0.15) is 47.0 Å². The van der Waals surface area contributed by atoms with Gasteiger partial charge in [0, 0.05) is 31.1 Å². The fourth-order valence-corrected chi connectivity index (χ4v) is 4.28. The van der Waals surface area contributed by atoms with Crippen LogP contribution in [0.2, 0.25) is 0 Å². The maximum Gasteiger partial charge on any atom is 0.253 e. The first-order valence-corrected chi connectivity index (χ1v) is 8.52. The first-order valence-electron chi connectivity index (χ1n) is 8.52. The smallest absolute Gasteiger partial charge is 0.253 e. The number of aliphatic hydroxyl groups is 1. The summed E-state index contributed by atoms with van der Waals surface area (Å²) in [5, 5.41) is 17.2. The minimum atomic E-state index is -0.560. The average molecular weight is 345 g/mol. The van der Waals surface area contributed by atoms with Gasteiger partial charge in [-0.2, -0.15) is 0 Å². The second kappa shape index (κ2) is 5.91. The molecule has 1 aromatic carbocycles. The van der Waals surface area contributed by atoms with Crippen molar-refractivity contribution in [3.05, 3.63) is 46.9 Å². The number of benzene rings is 1. The van der Waals surface area contributed by atoms with Crippen molar-refractivity contribution in [2.24, 2.45) is 5.92 Å². The number of hydrogen-bond donors (Lipinski definition) is 1. The lowest BCUT2D eigenvalue weighted by Gasteiger charge is -2.24. The van der Waals surface area contributed by atoms with Gasteiger partial charge in [-0.15, -0.1) is 10.2 Å². The summed E-state index contributed by atoms with van der Waals surface area (Å²) in [6, 6.07) is 4.22. The van der Waals surface area contributed by atoms with E-state index in [4.69, 9.17) is 9.52 Å². The molecule has 2 heterocycles. The van der Waals surface area contributed by atoms with Crippen LogP contribution in [-0.2, 0) is 12.0 Å². The topological polar surface area (TPSA) is 79.5 Å². The largest absolute Gasteiger partial charge is 0.425 e. The number of rotatable bonds is 3. The lowest BCUT2D eigenvalue weighted by Crippen LogP contribution is -2.35. The number of hydrogen-bond acceptors (Lipinski definition) is 5. The van der Waals surface area contributed by atoms with Gasteiger partial charge in [-0.05, 0) is 30.9 Å². The Kier molecular flexibility index (Phi) is 3.83. The Morgan fingerprint density at radius 3 is 3.00 bits per heavy atom. The van der Waals surface area contributed by atoms with Gasteiger partial charge >= 0.3 is 0 Å². The Morgan fingerprint density at radius 2 is 2.32 bits per heavy atom. The summed E-state index contributed by atoms with van der Waals surface area (Å²) in [6.45, 7) is 2.51. The van der Waals surface area contributed by atoms with Crippen molar-refractivity contribution in [3.63, 3.8) is 0 Å². The lowest BCUT2D eigenvalue weighted by atomic mass is 9.80. The van der Waals surface area contributed by atoms with Crippen LogP contribution in [0.15, 0.2) is 22.6 Å². The van der Waals surface area contributed by atoms with Crippen LogP contribution in [0.3, 0.4) is 0 Å². The molecule has 1 amide bonds. The highest BCUT2D eigenvalue weighted by Crippen LogP contribution is 2.50. The number of fused-ring (bicyclic) bond motifs is 1. The molecule has 1 aromatic heterocycles. The molecule has 0 radical (unpaired) electrons. The van der Waals surface area contributed by atoms with Crippen LogP contribution in [0.5, 0.6) is 0 Å². The number of carbonyl (C=O) groups excluding carboxylic acids is 1. The van der Waals surface area contributed by atoms with Gasteiger partial charge in [-0.1, -0.05) is 12.5 Å². The molecular weight excluding hydrogens is 325 g/mol. The van der Waals surface area contributed by atoms with E-state index in [1.165, 1.54) is 12.1 Å². The normalized spacial score (nSPS) is 25.4. The molecule has 0 spiro atoms. The summed E-state index contributed by atoms with van der Waals surface area (Å²) in [4.78, 5) is 14.6. The second-order valence-corrected chi connectivity index (χ2v) is 7.02. The lowest BCUT2D eigenvalue weighted by molar-refractivity contribution is 0.0775. The number of aliphatic hydroxyl groups excluding tert-OH is 1. The molecule has 2 aliphatic rings. The van der Waals surface area contributed by atoms with E-state index in [1.54, 1.807) is 17.9 Å². The Hall–Kier alpha value is -2.28. The van der Waals surface area contributed by atoms with E-state index >= 15 is 0 Å². The third-order valence-corrected chi connectivity index (χ3v) is 5.58. The predicted octanol–water partition coefficient (Wildman–Crippen LogP) is 2.20. The number of aryl methyl sites for hydroxylation is 1. The quantitative estimate of drug-likeness (QED) is 0.922. The van der Waals surface area contributed by atoms with E-state index in [0.717, 1.165) is 19.3 Å². The summed E-state index contributed by atoms with van der Waals surface area (Å²) in [5.41, 5.74) is 0.208. The summed E-state index contributed by atoms with van der Waals surface area (Å²) in [7, 11) is 0. The molecule has 2 aromatic rings. The standard InChI is InChI=1S/C18H20FN3O3/c1-11-20-21-17(25-11)18-6-2-3-14(18)8-22(10-18)16(24)12-4-5-13(9-23)15(19)7-12/h4-5,7,14,23H,2-3,6,8-10H2,1H3/t14-,18-/m0/s1. The highest BCUT2D eigenvalue weighted by Gasteiger charge is 2.55. The number of aromatic nitrogens is 2. The maximum atomic E-state index is 13.9. The zero-order valence-corrected chi connectivity index (χ0v) is 14.0. The first kappa shape index (κ1) is 16.2. The summed E-state index contributed by atoms with van der Waals surface area (Å²) >= 11 is 0. The van der Waals surface area contributed by atoms with Gasteiger partial charge in [0.1, 0.15) is 5.82 Å². The summed E-state index contributed by atoms with van der Waals surface area (Å²) in [5.74, 6) is 0.673. The van der Waals surface area contributed by atoms with Gasteiger partial charge in [-0.3, -0.25) is 4.79 Å². The minimum Gasteiger partial charge on any atom is -0.425 e. The minimum absolute atomic E-state index is 0.188. The van der Waals surface area contributed by atoms with Gasteiger partial charge in [0.05, 0.1) is 12.0 Å². The molecule has 25 heavy (non-hydrogen) atoms. The van der Waals surface area contributed by atoms with Crippen molar-refractivity contribution in [1.82, 2.24) is 15.1 Å². The molecule has 6 nitrogen and oxygen atoms in total. The van der Waals surface area contributed by atoms with Crippen LogP contribution in [0.25, 0.3) is 0 Å². The van der Waals surface area contributed by atoms with E-state index < -0.39 is 5.82 Å². The molecule has 0 unspecified atom stereocenters. The summed E-state index contributed by atoms with van der Waals surface area (Å²) < 4.78 is 19.6. The van der Waals surface area contributed by atoms with Gasteiger partial charge in [-0.25, -0.2) is 4.39 Å². The monoisotopic (exact) mass is 345 g/mol. The van der Waals surface area contributed by atoms with Crippen molar-refractivity contribution in [3.8, 4) is 0 Å². The molecule has 1 saturated heterocycles. The maximum absolute atomic E-state index is 13.9. The van der Waals surface area contributed by atoms with Crippen LogP contribution in [0, 0.1) is 18.7 Å². The molecule has 1 aliphatic heterocycles. The van der Waals surface area contributed by atoms with Crippen molar-refractivity contribution < 1.29 is 18.7 Å². The highest BCUT2D eigenvalue weighted by atomic mass is 19.1. The van der Waals surface area contributed by atoms with Crippen molar-refractivity contribution in [2.75, 3.05) is 13.1 Å². The molecule has 2 atom stereocenters. The Labute approximate surface area is 144 Å². The van der Waals surface area contributed by atoms with Crippen LogP contribution < -0.4 is 0 Å². The highest BCUT2D eigenvalue weighted by molar-refractivity contribution is 5.94. The number of carbonyl (C=O) groups is 1. The van der Waals surface area contributed by atoms with E-state index in [1.807, 2.05) is 0 Å². The molecule has 1 saturated carbocycles. The van der Waals surface area contributed by atoms with Gasteiger partial charge in [0.25, 0.3) is 5.91 Å². The second-order valence-electron chi connectivity index (χ2n) is 7.02. The number of nitrogens with zero attached hydrogens (tertiary/aromatic N) is 3. The van der Waals surface area contributed by atoms with E-state index in [9.17, 15) is 9.18 Å². The third kappa shape index (κ3) is 2.54. The molecule has 132 valence electrons. The van der Waals surface area contributed by atoms with Gasteiger partial charge in [0.15, 0.2) is 0 Å². The van der Waals surface area contributed by atoms with Crippen molar-refractivity contribution in [1.29, 1.82) is 0 Å². The zero-order chi connectivity index (χ0) is 17.6. The van der Waals surface area contributed by atoms with Crippen molar-refractivity contribution >= 4 is 5.91 Å². The average Bonchev–Trinajstić information content (AvgIpc) is 3.27. The molecule has 4 rings (SSSR count). The summed E-state index contributed by atoms with van der Waals surface area (Å²) in [6.07, 6.45) is 3.01. The Morgan fingerprint density at radius 1 is 1.48 bits per heavy atom. The Bertz CT molecular complexity index is 822. The third-order valence-electron chi connectivity index (χ3n) is 5.58. The van der Waals surface area contributed by atoms with Gasteiger partial charge < -0.3 is 14.4 Å². The Balaban J connectivity index is 1.61. The number of amides is 1. The SMILES string of the molecule is Cc1nnc([C@]23CCC[C@H]2CN(C(=O)c2ccc(CO)c(F)c2)C3)o1.